The van der Waals surface area contributed by atoms with Gasteiger partial charge in [0.1, 0.15) is 11.6 Å². The van der Waals surface area contributed by atoms with Gasteiger partial charge in [0.05, 0.1) is 17.8 Å². The second-order valence-corrected chi connectivity index (χ2v) is 2.96. The van der Waals surface area contributed by atoms with Crippen LogP contribution in [0.4, 0.5) is 0 Å². The van der Waals surface area contributed by atoms with Gasteiger partial charge in [-0.15, -0.1) is 11.6 Å². The maximum atomic E-state index is 11.2. The van der Waals surface area contributed by atoms with Crippen LogP contribution in [0.3, 0.4) is 0 Å². The summed E-state index contributed by atoms with van der Waals surface area (Å²) in [5.41, 5.74) is 0.988. The number of fused-ring (bicyclic) bond motifs is 1. The van der Waals surface area contributed by atoms with E-state index < -0.39 is 0 Å². The summed E-state index contributed by atoms with van der Waals surface area (Å²) in [5, 5.41) is 12.7. The van der Waals surface area contributed by atoms with Crippen LogP contribution in [-0.4, -0.2) is 14.6 Å². The van der Waals surface area contributed by atoms with E-state index >= 15 is 0 Å². The minimum atomic E-state index is -0.287. The molecule has 2 heterocycles. The average Bonchev–Trinajstić information content (AvgIpc) is 2.59. The van der Waals surface area contributed by atoms with Crippen LogP contribution in [0.1, 0.15) is 11.3 Å². The van der Waals surface area contributed by atoms with Crippen LogP contribution in [-0.2, 0) is 5.88 Å². The molecule has 2 aromatic heterocycles. The number of hydrogen-bond donors (Lipinski definition) is 1. The summed E-state index contributed by atoms with van der Waals surface area (Å²) in [4.78, 5) is 13.7. The number of halogens is 1. The molecule has 2 aromatic rings. The Labute approximate surface area is 83.5 Å². The molecule has 0 saturated heterocycles. The molecule has 5 nitrogen and oxygen atoms in total. The first-order valence-corrected chi connectivity index (χ1v) is 4.35. The van der Waals surface area contributed by atoms with Crippen LogP contribution < -0.4 is 5.56 Å². The number of aromatic amines is 1. The van der Waals surface area contributed by atoms with Crippen molar-refractivity contribution in [1.29, 1.82) is 5.26 Å². The minimum Gasteiger partial charge on any atom is -0.306 e. The van der Waals surface area contributed by atoms with E-state index in [2.05, 4.69) is 10.1 Å². The van der Waals surface area contributed by atoms with Gasteiger partial charge in [0.15, 0.2) is 5.65 Å². The molecule has 0 spiro atoms. The second kappa shape index (κ2) is 3.16. The van der Waals surface area contributed by atoms with Crippen LogP contribution >= 0.6 is 11.6 Å². The molecule has 0 aliphatic rings. The van der Waals surface area contributed by atoms with E-state index in [1.54, 1.807) is 0 Å². The van der Waals surface area contributed by atoms with E-state index in [1.165, 1.54) is 16.8 Å². The Morgan fingerprint density at radius 1 is 1.71 bits per heavy atom. The van der Waals surface area contributed by atoms with E-state index in [0.717, 1.165) is 0 Å². The molecule has 0 bridgehead atoms. The van der Waals surface area contributed by atoms with Crippen molar-refractivity contribution in [3.8, 4) is 6.07 Å². The number of nitrogens with one attached hydrogen (secondary N) is 1. The second-order valence-electron chi connectivity index (χ2n) is 2.69. The van der Waals surface area contributed by atoms with Crippen molar-refractivity contribution >= 4 is 17.2 Å². The van der Waals surface area contributed by atoms with E-state index in [4.69, 9.17) is 16.9 Å². The van der Waals surface area contributed by atoms with Crippen LogP contribution in [0, 0.1) is 11.3 Å². The van der Waals surface area contributed by atoms with E-state index in [0.29, 0.717) is 16.9 Å². The quantitative estimate of drug-likeness (QED) is 0.699. The summed E-state index contributed by atoms with van der Waals surface area (Å²) in [5.74, 6) is 0.174. The van der Waals surface area contributed by atoms with Crippen molar-refractivity contribution in [3.05, 3.63) is 33.9 Å². The number of alkyl halides is 1. The highest BCUT2D eigenvalue weighted by atomic mass is 35.5. The zero-order valence-electron chi connectivity index (χ0n) is 6.99. The molecule has 0 aliphatic carbocycles. The van der Waals surface area contributed by atoms with Gasteiger partial charge in [0.2, 0.25) is 0 Å². The van der Waals surface area contributed by atoms with Gasteiger partial charge in [-0.25, -0.2) is 4.52 Å². The molecule has 0 amide bonds. The molecule has 70 valence electrons. The molecule has 0 aromatic carbocycles. The van der Waals surface area contributed by atoms with E-state index in [-0.39, 0.29) is 11.4 Å². The normalized spacial score (nSPS) is 10.3. The standard InChI is InChI=1S/C8H5ClN4O/c9-2-6-1-7(14)12-8-5(3-10)4-11-13(6)8/h1,4H,2H2,(H,12,14). The third-order valence-corrected chi connectivity index (χ3v) is 2.11. The lowest BCUT2D eigenvalue weighted by atomic mass is 10.3. The summed E-state index contributed by atoms with van der Waals surface area (Å²) < 4.78 is 1.45. The van der Waals surface area contributed by atoms with Crippen molar-refractivity contribution in [1.82, 2.24) is 14.6 Å². The minimum absolute atomic E-state index is 0.174. The molecule has 0 fully saturated rings. The molecule has 0 aliphatic heterocycles. The van der Waals surface area contributed by atoms with E-state index in [1.807, 2.05) is 6.07 Å². The van der Waals surface area contributed by atoms with Crippen molar-refractivity contribution in [2.24, 2.45) is 0 Å². The maximum Gasteiger partial charge on any atom is 0.251 e. The number of aromatic nitrogens is 3. The molecule has 0 saturated carbocycles. The van der Waals surface area contributed by atoms with Crippen LogP contribution in [0.25, 0.3) is 5.65 Å². The molecular weight excluding hydrogens is 204 g/mol. The Hall–Kier alpha value is -1.80. The smallest absolute Gasteiger partial charge is 0.251 e. The van der Waals surface area contributed by atoms with Crippen molar-refractivity contribution in [2.45, 2.75) is 5.88 Å². The Morgan fingerprint density at radius 3 is 3.14 bits per heavy atom. The van der Waals surface area contributed by atoms with Gasteiger partial charge in [0.25, 0.3) is 5.56 Å². The fraction of sp³-hybridized carbons (Fsp3) is 0.125. The summed E-state index contributed by atoms with van der Waals surface area (Å²) in [6.45, 7) is 0. The predicted molar refractivity (Wildman–Crippen MR) is 50.1 cm³/mol. The molecule has 0 atom stereocenters. The molecule has 1 N–H and O–H groups in total. The number of nitriles is 1. The first kappa shape index (κ1) is 8.78. The summed E-state index contributed by atoms with van der Waals surface area (Å²) >= 11 is 5.63. The SMILES string of the molecule is N#Cc1cnn2c(CCl)cc(=O)[nH]c12. The van der Waals surface area contributed by atoms with Gasteiger partial charge in [0, 0.05) is 6.07 Å². The van der Waals surface area contributed by atoms with Gasteiger partial charge < -0.3 is 4.98 Å². The third kappa shape index (κ3) is 1.17. The van der Waals surface area contributed by atoms with Crippen molar-refractivity contribution < 1.29 is 0 Å². The highest BCUT2D eigenvalue weighted by Crippen LogP contribution is 2.08. The highest BCUT2D eigenvalue weighted by molar-refractivity contribution is 6.16. The lowest BCUT2D eigenvalue weighted by Crippen LogP contribution is -2.11. The van der Waals surface area contributed by atoms with Gasteiger partial charge in [-0.2, -0.15) is 10.4 Å². The summed E-state index contributed by atoms with van der Waals surface area (Å²) in [6.07, 6.45) is 1.39. The number of nitrogens with zero attached hydrogens (tertiary/aromatic N) is 3. The zero-order valence-corrected chi connectivity index (χ0v) is 7.75. The first-order chi connectivity index (χ1) is 6.76. The number of rotatable bonds is 1. The van der Waals surface area contributed by atoms with Gasteiger partial charge in [-0.1, -0.05) is 0 Å². The number of hydrogen-bond acceptors (Lipinski definition) is 3. The summed E-state index contributed by atoms with van der Waals surface area (Å²) in [7, 11) is 0. The average molecular weight is 209 g/mol. The first-order valence-electron chi connectivity index (χ1n) is 3.82. The Morgan fingerprint density at radius 2 is 2.50 bits per heavy atom. The Kier molecular flexibility index (Phi) is 1.98. The Bertz CT molecular complexity index is 577. The van der Waals surface area contributed by atoms with Gasteiger partial charge >= 0.3 is 0 Å². The van der Waals surface area contributed by atoms with Crippen LogP contribution in [0.15, 0.2) is 17.1 Å². The lowest BCUT2D eigenvalue weighted by molar-refractivity contribution is 0.878. The highest BCUT2D eigenvalue weighted by Gasteiger charge is 2.07. The molecule has 6 heteroatoms. The van der Waals surface area contributed by atoms with Crippen LogP contribution in [0.5, 0.6) is 0 Å². The monoisotopic (exact) mass is 208 g/mol. The molecule has 0 unspecified atom stereocenters. The van der Waals surface area contributed by atoms with Gasteiger partial charge in [-0.3, -0.25) is 4.79 Å². The van der Waals surface area contributed by atoms with E-state index in [9.17, 15) is 4.79 Å². The molecular formula is C8H5ClN4O. The fourth-order valence-corrected chi connectivity index (χ4v) is 1.42. The fourth-order valence-electron chi connectivity index (χ4n) is 1.23. The number of H-pyrrole nitrogens is 1. The molecule has 14 heavy (non-hydrogen) atoms. The van der Waals surface area contributed by atoms with Gasteiger partial charge in [-0.05, 0) is 0 Å². The maximum absolute atomic E-state index is 11.2. The Balaban J connectivity index is 2.92. The summed E-state index contributed by atoms with van der Waals surface area (Å²) in [6, 6.07) is 3.29. The van der Waals surface area contributed by atoms with Crippen molar-refractivity contribution in [2.75, 3.05) is 0 Å². The van der Waals surface area contributed by atoms with Crippen molar-refractivity contribution in [3.63, 3.8) is 0 Å². The lowest BCUT2D eigenvalue weighted by Gasteiger charge is -1.98. The zero-order chi connectivity index (χ0) is 10.1. The van der Waals surface area contributed by atoms with Crippen LogP contribution in [0.2, 0.25) is 0 Å². The topological polar surface area (TPSA) is 74.0 Å². The predicted octanol–water partition coefficient (Wildman–Crippen LogP) is 0.633. The largest absolute Gasteiger partial charge is 0.306 e. The third-order valence-electron chi connectivity index (χ3n) is 1.84. The molecule has 2 rings (SSSR count). The molecule has 0 radical (unpaired) electrons.